The quantitative estimate of drug-likeness (QED) is 0.525. The number of nitrogens with one attached hydrogen (secondary N) is 1. The molecule has 3 atom stereocenters. The molecule has 5 rings (SSSR count). The van der Waals surface area contributed by atoms with E-state index in [0.717, 1.165) is 6.07 Å². The second-order valence-electron chi connectivity index (χ2n) is 8.62. The first kappa shape index (κ1) is 22.9. The van der Waals surface area contributed by atoms with Gasteiger partial charge in [0.15, 0.2) is 0 Å². The number of ether oxygens (including phenoxy) is 1. The maximum Gasteiger partial charge on any atom is 0.410 e. The van der Waals surface area contributed by atoms with Crippen molar-refractivity contribution in [2.24, 2.45) is 0 Å². The molecule has 4 heterocycles. The lowest BCUT2D eigenvalue weighted by Gasteiger charge is -2.20. The lowest BCUT2D eigenvalue weighted by atomic mass is 10.0. The van der Waals surface area contributed by atoms with Crippen molar-refractivity contribution < 1.29 is 22.7 Å². The molecule has 1 aromatic carbocycles. The number of nitrogens with zero attached hydrogens (tertiary/aromatic N) is 4. The van der Waals surface area contributed by atoms with Gasteiger partial charge in [-0.25, -0.2) is 27.9 Å². The van der Waals surface area contributed by atoms with Crippen molar-refractivity contribution in [1.29, 1.82) is 0 Å². The molecule has 3 aromatic rings. The molecule has 11 heteroatoms. The molecule has 1 N–H and O–H groups in total. The molecule has 0 bridgehead atoms. The smallest absolute Gasteiger partial charge is 0.410 e. The number of alkyl halides is 2. The number of aryl methyl sites for hydroxylation is 1. The van der Waals surface area contributed by atoms with Crippen molar-refractivity contribution in [2.45, 2.75) is 37.9 Å². The van der Waals surface area contributed by atoms with Crippen LogP contribution >= 0.6 is 0 Å². The van der Waals surface area contributed by atoms with Gasteiger partial charge in [0, 0.05) is 24.4 Å². The predicted molar refractivity (Wildman–Crippen MR) is 122 cm³/mol. The molecule has 1 amide bonds. The average Bonchev–Trinajstić information content (AvgIpc) is 3.38. The Morgan fingerprint density at radius 1 is 1.23 bits per heavy atom. The number of halogens is 3. The van der Waals surface area contributed by atoms with Gasteiger partial charge in [-0.3, -0.25) is 9.69 Å². The number of fused-ring (bicyclic) bond motifs is 2. The highest BCUT2D eigenvalue weighted by atomic mass is 19.3. The highest BCUT2D eigenvalue weighted by molar-refractivity contribution is 5.88. The minimum absolute atomic E-state index is 0.00883. The molecular weight excluding hydrogens is 463 g/mol. The maximum atomic E-state index is 14.8. The second kappa shape index (κ2) is 8.71. The molecule has 2 aliphatic heterocycles. The highest BCUT2D eigenvalue weighted by Crippen LogP contribution is 2.33. The topological polar surface area (TPSA) is 89.4 Å². The number of aromatic nitrogens is 3. The Morgan fingerprint density at radius 3 is 2.71 bits per heavy atom. The Morgan fingerprint density at radius 2 is 2.00 bits per heavy atom. The zero-order valence-electron chi connectivity index (χ0n) is 18.7. The number of cyclic esters (lactones) is 1. The molecule has 2 saturated heterocycles. The number of benzene rings is 1. The second-order valence-corrected chi connectivity index (χ2v) is 8.62. The molecule has 2 fully saturated rings. The summed E-state index contributed by atoms with van der Waals surface area (Å²) >= 11 is 0. The standard InChI is InChI=1S/C24H22F3N5O3/c1-3-18(15-5-4-6-16(21(15)25)22(26)27)30-23-17-10-31(20(33)8-19(17)28-12(2)29-23)13-7-14-11-35-24(34)32(14)9-13/h3-6,8,10,13-14,18,22H,1,7,9,11H2,2H3,(H,28,29,30). The average molecular weight is 485 g/mol. The van der Waals surface area contributed by atoms with E-state index in [9.17, 15) is 22.8 Å². The molecule has 2 aliphatic rings. The summed E-state index contributed by atoms with van der Waals surface area (Å²) in [5.74, 6) is -0.359. The van der Waals surface area contributed by atoms with Crippen molar-refractivity contribution in [2.75, 3.05) is 18.5 Å². The van der Waals surface area contributed by atoms with Crippen LogP contribution in [0.25, 0.3) is 10.9 Å². The Labute approximate surface area is 198 Å². The Kier molecular flexibility index (Phi) is 5.70. The molecule has 3 unspecified atom stereocenters. The molecule has 2 aromatic heterocycles. The van der Waals surface area contributed by atoms with Crippen LogP contribution in [-0.2, 0) is 4.74 Å². The fourth-order valence-electron chi connectivity index (χ4n) is 4.74. The van der Waals surface area contributed by atoms with Gasteiger partial charge < -0.3 is 14.6 Å². The van der Waals surface area contributed by atoms with E-state index in [4.69, 9.17) is 4.74 Å². The van der Waals surface area contributed by atoms with Gasteiger partial charge in [0.25, 0.3) is 12.0 Å². The van der Waals surface area contributed by atoms with Crippen LogP contribution in [0.3, 0.4) is 0 Å². The number of carbonyl (C=O) groups is 1. The summed E-state index contributed by atoms with van der Waals surface area (Å²) in [5, 5.41) is 3.55. The van der Waals surface area contributed by atoms with E-state index >= 15 is 0 Å². The number of hydrogen-bond donors (Lipinski definition) is 1. The summed E-state index contributed by atoms with van der Waals surface area (Å²) in [5.41, 5.74) is -0.611. The normalized spacial score (nSPS) is 20.3. The van der Waals surface area contributed by atoms with Crippen LogP contribution in [0.4, 0.5) is 23.8 Å². The van der Waals surface area contributed by atoms with Crippen molar-refractivity contribution in [3.63, 3.8) is 0 Å². The maximum absolute atomic E-state index is 14.8. The Balaban J connectivity index is 1.54. The van der Waals surface area contributed by atoms with Crippen LogP contribution in [0.15, 0.2) is 47.9 Å². The molecule has 0 aliphatic carbocycles. The Bertz CT molecular complexity index is 1390. The van der Waals surface area contributed by atoms with Crippen molar-refractivity contribution >= 4 is 22.8 Å². The van der Waals surface area contributed by atoms with Crippen LogP contribution in [0.1, 0.15) is 41.9 Å². The fourth-order valence-corrected chi connectivity index (χ4v) is 4.74. The Hall–Kier alpha value is -3.89. The molecule has 35 heavy (non-hydrogen) atoms. The largest absolute Gasteiger partial charge is 0.447 e. The van der Waals surface area contributed by atoms with Crippen LogP contribution in [0.5, 0.6) is 0 Å². The van der Waals surface area contributed by atoms with E-state index in [2.05, 4.69) is 21.9 Å². The van der Waals surface area contributed by atoms with E-state index in [1.54, 1.807) is 22.6 Å². The fraction of sp³-hybridized carbons (Fsp3) is 0.333. The zero-order chi connectivity index (χ0) is 24.9. The van der Waals surface area contributed by atoms with Crippen LogP contribution in [0.2, 0.25) is 0 Å². The summed E-state index contributed by atoms with van der Waals surface area (Å²) in [7, 11) is 0. The van der Waals surface area contributed by atoms with Crippen LogP contribution in [0, 0.1) is 12.7 Å². The lowest BCUT2D eigenvalue weighted by Crippen LogP contribution is -2.29. The third-order valence-electron chi connectivity index (χ3n) is 6.45. The van der Waals surface area contributed by atoms with Gasteiger partial charge in [0.1, 0.15) is 24.1 Å². The third kappa shape index (κ3) is 4.00. The first-order valence-corrected chi connectivity index (χ1v) is 11.1. The lowest BCUT2D eigenvalue weighted by molar-refractivity contribution is 0.146. The molecule has 0 spiro atoms. The number of pyridine rings is 1. The first-order chi connectivity index (χ1) is 16.8. The minimum atomic E-state index is -2.96. The van der Waals surface area contributed by atoms with Crippen LogP contribution < -0.4 is 10.9 Å². The zero-order valence-corrected chi connectivity index (χ0v) is 18.7. The molecule has 0 radical (unpaired) electrons. The molecular formula is C24H22F3N5O3. The van der Waals surface area contributed by atoms with E-state index in [1.165, 1.54) is 24.3 Å². The summed E-state index contributed by atoms with van der Waals surface area (Å²) in [6, 6.07) is 3.96. The van der Waals surface area contributed by atoms with Crippen molar-refractivity contribution in [3.8, 4) is 0 Å². The highest BCUT2D eigenvalue weighted by Gasteiger charge is 2.42. The van der Waals surface area contributed by atoms with E-state index in [1.807, 2.05) is 0 Å². The van der Waals surface area contributed by atoms with Gasteiger partial charge in [0.05, 0.1) is 34.6 Å². The number of amides is 1. The number of carbonyl (C=O) groups excluding carboxylic acids is 1. The van der Waals surface area contributed by atoms with E-state index < -0.39 is 29.9 Å². The third-order valence-corrected chi connectivity index (χ3v) is 6.45. The first-order valence-electron chi connectivity index (χ1n) is 11.1. The monoisotopic (exact) mass is 485 g/mol. The summed E-state index contributed by atoms with van der Waals surface area (Å²) < 4.78 is 47.9. The van der Waals surface area contributed by atoms with Crippen molar-refractivity contribution in [3.05, 3.63) is 76.2 Å². The van der Waals surface area contributed by atoms with Gasteiger partial charge in [0.2, 0.25) is 0 Å². The molecule has 182 valence electrons. The molecule has 8 nitrogen and oxygen atoms in total. The van der Waals surface area contributed by atoms with Gasteiger partial charge in [-0.05, 0) is 13.3 Å². The summed E-state index contributed by atoms with van der Waals surface area (Å²) in [6.07, 6.45) is 0.215. The number of anilines is 1. The van der Waals surface area contributed by atoms with Crippen LogP contribution in [-0.4, -0.2) is 44.7 Å². The predicted octanol–water partition coefficient (Wildman–Crippen LogP) is 4.28. The van der Waals surface area contributed by atoms with Gasteiger partial charge in [-0.2, -0.15) is 0 Å². The van der Waals surface area contributed by atoms with Gasteiger partial charge in [-0.15, -0.1) is 6.58 Å². The minimum Gasteiger partial charge on any atom is -0.447 e. The number of rotatable bonds is 6. The van der Waals surface area contributed by atoms with Gasteiger partial charge >= 0.3 is 6.09 Å². The van der Waals surface area contributed by atoms with E-state index in [0.29, 0.717) is 35.5 Å². The summed E-state index contributed by atoms with van der Waals surface area (Å²) in [6.45, 7) is 6.00. The SMILES string of the molecule is C=CC(Nc1nc(C)nc2cc(=O)n(C3CC4COC(=O)N4C3)cc12)c1cccc(C(F)F)c1F. The number of hydrogen-bond acceptors (Lipinski definition) is 6. The molecule has 0 saturated carbocycles. The van der Waals surface area contributed by atoms with Crippen molar-refractivity contribution in [1.82, 2.24) is 19.4 Å². The summed E-state index contributed by atoms with van der Waals surface area (Å²) in [4.78, 5) is 35.2. The van der Waals surface area contributed by atoms with E-state index in [-0.39, 0.29) is 29.8 Å². The van der Waals surface area contributed by atoms with Gasteiger partial charge in [-0.1, -0.05) is 24.3 Å².